The van der Waals surface area contributed by atoms with Crippen molar-refractivity contribution in [1.29, 1.82) is 0 Å². The molecule has 0 saturated heterocycles. The van der Waals surface area contributed by atoms with Crippen LogP contribution in [0.3, 0.4) is 0 Å². The largest absolute Gasteiger partial charge is 0.398 e. The van der Waals surface area contributed by atoms with Gasteiger partial charge in [0.05, 0.1) is 28.1 Å². The van der Waals surface area contributed by atoms with Gasteiger partial charge in [-0.15, -0.1) is 0 Å². The maximum absolute atomic E-state index is 13.7. The molecule has 0 amide bonds. The summed E-state index contributed by atoms with van der Waals surface area (Å²) >= 11 is 0. The maximum atomic E-state index is 13.7. The average molecular weight is 434 g/mol. The lowest BCUT2D eigenvalue weighted by Crippen LogP contribution is -2.24. The Bertz CT molecular complexity index is 1400. The van der Waals surface area contributed by atoms with Gasteiger partial charge < -0.3 is 16.4 Å². The Hall–Kier alpha value is -4.38. The van der Waals surface area contributed by atoms with Crippen LogP contribution in [-0.4, -0.2) is 11.6 Å². The van der Waals surface area contributed by atoms with E-state index in [1.54, 1.807) is 18.2 Å². The number of anilines is 5. The van der Waals surface area contributed by atoms with Crippen molar-refractivity contribution in [2.45, 2.75) is 13.8 Å². The lowest BCUT2D eigenvalue weighted by atomic mass is 9.81. The standard InChI is InChI=1S/C28H23N3O2/c1-16-6-10-18(11-7-16)30-22-14-15-23(31-19-12-8-17(2)9-13-19)26-25(22)27(32)20-4-3-5-21(29)24(20)28(26)33/h3-15,30-31H,29H2,1-2H3. The zero-order valence-corrected chi connectivity index (χ0v) is 18.4. The van der Waals surface area contributed by atoms with Gasteiger partial charge in [-0.25, -0.2) is 0 Å². The average Bonchev–Trinajstić information content (AvgIpc) is 2.81. The van der Waals surface area contributed by atoms with Crippen LogP contribution in [0.2, 0.25) is 0 Å². The number of rotatable bonds is 4. The summed E-state index contributed by atoms with van der Waals surface area (Å²) in [5.41, 5.74) is 12.8. The highest BCUT2D eigenvalue weighted by atomic mass is 16.1. The van der Waals surface area contributed by atoms with E-state index in [9.17, 15) is 9.59 Å². The SMILES string of the molecule is Cc1ccc(Nc2ccc(Nc3ccc(C)cc3)c3c2C(=O)c2cccc(N)c2C3=O)cc1. The van der Waals surface area contributed by atoms with Gasteiger partial charge in [0.15, 0.2) is 11.6 Å². The van der Waals surface area contributed by atoms with Gasteiger partial charge in [-0.3, -0.25) is 9.59 Å². The Balaban J connectivity index is 1.68. The first-order valence-electron chi connectivity index (χ1n) is 10.7. The van der Waals surface area contributed by atoms with Crippen molar-refractivity contribution in [3.8, 4) is 0 Å². The van der Waals surface area contributed by atoms with E-state index in [1.807, 2.05) is 74.5 Å². The quantitative estimate of drug-likeness (QED) is 0.296. The summed E-state index contributed by atoms with van der Waals surface area (Å²) < 4.78 is 0. The Morgan fingerprint density at radius 3 is 1.58 bits per heavy atom. The summed E-state index contributed by atoms with van der Waals surface area (Å²) in [5.74, 6) is -0.492. The molecule has 0 saturated carbocycles. The molecule has 0 spiro atoms. The van der Waals surface area contributed by atoms with Gasteiger partial charge in [0.25, 0.3) is 0 Å². The van der Waals surface area contributed by atoms with Gasteiger partial charge in [0, 0.05) is 22.6 Å². The molecule has 0 fully saturated rings. The number of nitrogens with two attached hydrogens (primary N) is 1. The van der Waals surface area contributed by atoms with Crippen molar-refractivity contribution in [1.82, 2.24) is 0 Å². The highest BCUT2D eigenvalue weighted by Gasteiger charge is 2.35. The summed E-state index contributed by atoms with van der Waals surface area (Å²) in [5, 5.41) is 6.64. The van der Waals surface area contributed by atoms with E-state index < -0.39 is 0 Å². The second-order valence-electron chi connectivity index (χ2n) is 8.32. The van der Waals surface area contributed by atoms with E-state index in [-0.39, 0.29) is 17.1 Å². The van der Waals surface area contributed by atoms with E-state index in [1.165, 1.54) is 0 Å². The van der Waals surface area contributed by atoms with Crippen LogP contribution >= 0.6 is 0 Å². The molecule has 33 heavy (non-hydrogen) atoms. The molecular weight excluding hydrogens is 410 g/mol. The van der Waals surface area contributed by atoms with E-state index in [4.69, 9.17) is 5.73 Å². The van der Waals surface area contributed by atoms with Gasteiger partial charge >= 0.3 is 0 Å². The number of benzene rings is 4. The molecule has 0 heterocycles. The number of nitrogen functional groups attached to an aromatic ring is 1. The minimum absolute atomic E-state index is 0.228. The monoisotopic (exact) mass is 433 g/mol. The number of carbonyl (C=O) groups excluding carboxylic acids is 2. The number of ketones is 2. The molecule has 0 aliphatic heterocycles. The van der Waals surface area contributed by atoms with Crippen LogP contribution in [0.5, 0.6) is 0 Å². The van der Waals surface area contributed by atoms with Crippen molar-refractivity contribution < 1.29 is 9.59 Å². The van der Waals surface area contributed by atoms with E-state index in [2.05, 4.69) is 10.6 Å². The van der Waals surface area contributed by atoms with Gasteiger partial charge in [-0.05, 0) is 56.3 Å². The number of fused-ring (bicyclic) bond motifs is 2. The van der Waals surface area contributed by atoms with Crippen molar-refractivity contribution in [3.63, 3.8) is 0 Å². The van der Waals surface area contributed by atoms with Crippen molar-refractivity contribution >= 4 is 40.0 Å². The van der Waals surface area contributed by atoms with Crippen molar-refractivity contribution in [2.75, 3.05) is 16.4 Å². The lowest BCUT2D eigenvalue weighted by Gasteiger charge is -2.25. The molecular formula is C28H23N3O2. The Labute approximate surface area is 192 Å². The summed E-state index contributed by atoms with van der Waals surface area (Å²) in [4.78, 5) is 27.3. The fourth-order valence-electron chi connectivity index (χ4n) is 4.14. The predicted molar refractivity (Wildman–Crippen MR) is 133 cm³/mol. The van der Waals surface area contributed by atoms with Crippen LogP contribution in [0, 0.1) is 13.8 Å². The van der Waals surface area contributed by atoms with Crippen LogP contribution in [0.4, 0.5) is 28.4 Å². The third kappa shape index (κ3) is 3.64. The normalized spacial score (nSPS) is 12.2. The number of carbonyl (C=O) groups is 2. The number of nitrogens with one attached hydrogen (secondary N) is 2. The molecule has 5 rings (SSSR count). The third-order valence-electron chi connectivity index (χ3n) is 5.89. The van der Waals surface area contributed by atoms with E-state index in [0.29, 0.717) is 33.8 Å². The molecule has 4 aromatic carbocycles. The van der Waals surface area contributed by atoms with Gasteiger partial charge in [-0.2, -0.15) is 0 Å². The molecule has 162 valence electrons. The number of aryl methyl sites for hydroxylation is 2. The molecule has 4 N–H and O–H groups in total. The Morgan fingerprint density at radius 2 is 1.06 bits per heavy atom. The first-order valence-corrected chi connectivity index (χ1v) is 10.7. The summed E-state index contributed by atoms with van der Waals surface area (Å²) in [6, 6.07) is 24.4. The zero-order chi connectivity index (χ0) is 23.1. The summed E-state index contributed by atoms with van der Waals surface area (Å²) in [7, 11) is 0. The van der Waals surface area contributed by atoms with E-state index in [0.717, 1.165) is 22.5 Å². The summed E-state index contributed by atoms with van der Waals surface area (Å²) in [6.45, 7) is 4.03. The van der Waals surface area contributed by atoms with Crippen molar-refractivity contribution in [2.24, 2.45) is 0 Å². The highest BCUT2D eigenvalue weighted by molar-refractivity contribution is 6.33. The Morgan fingerprint density at radius 1 is 0.576 bits per heavy atom. The van der Waals surface area contributed by atoms with Gasteiger partial charge in [0.2, 0.25) is 0 Å². The van der Waals surface area contributed by atoms with Crippen LogP contribution in [0.25, 0.3) is 0 Å². The van der Waals surface area contributed by atoms with Crippen LogP contribution in [0.1, 0.15) is 43.0 Å². The maximum Gasteiger partial charge on any atom is 0.198 e. The molecule has 0 aromatic heterocycles. The topological polar surface area (TPSA) is 84.2 Å². The first-order chi connectivity index (χ1) is 15.9. The van der Waals surface area contributed by atoms with Crippen LogP contribution in [0.15, 0.2) is 78.9 Å². The molecule has 0 radical (unpaired) electrons. The molecule has 1 aliphatic carbocycles. The highest BCUT2D eigenvalue weighted by Crippen LogP contribution is 2.40. The third-order valence-corrected chi connectivity index (χ3v) is 5.89. The lowest BCUT2D eigenvalue weighted by molar-refractivity contribution is 0.0981. The minimum atomic E-state index is -0.264. The first kappa shape index (κ1) is 20.5. The van der Waals surface area contributed by atoms with Crippen LogP contribution in [-0.2, 0) is 0 Å². The molecule has 5 heteroatoms. The van der Waals surface area contributed by atoms with Crippen LogP contribution < -0.4 is 16.4 Å². The van der Waals surface area contributed by atoms with Gasteiger partial charge in [0.1, 0.15) is 0 Å². The predicted octanol–water partition coefficient (Wildman–Crippen LogP) is 6.15. The fourth-order valence-corrected chi connectivity index (χ4v) is 4.14. The molecule has 0 atom stereocenters. The number of hydrogen-bond acceptors (Lipinski definition) is 5. The molecule has 0 unspecified atom stereocenters. The molecule has 0 bridgehead atoms. The van der Waals surface area contributed by atoms with Gasteiger partial charge in [-0.1, -0.05) is 47.5 Å². The molecule has 5 nitrogen and oxygen atoms in total. The Kier molecular flexibility index (Phi) is 4.94. The number of hydrogen-bond donors (Lipinski definition) is 3. The summed E-state index contributed by atoms with van der Waals surface area (Å²) in [6.07, 6.45) is 0. The minimum Gasteiger partial charge on any atom is -0.398 e. The molecule has 4 aromatic rings. The second kappa shape index (κ2) is 7.95. The zero-order valence-electron chi connectivity index (χ0n) is 18.4. The fraction of sp³-hybridized carbons (Fsp3) is 0.0714. The van der Waals surface area contributed by atoms with Crippen molar-refractivity contribution in [3.05, 3.63) is 112 Å². The smallest absolute Gasteiger partial charge is 0.198 e. The van der Waals surface area contributed by atoms with E-state index >= 15 is 0 Å². The molecule has 1 aliphatic rings. The second-order valence-corrected chi connectivity index (χ2v) is 8.32.